The Morgan fingerprint density at radius 1 is 0.903 bits per heavy atom. The first-order valence-electron chi connectivity index (χ1n) is 10.2. The molecule has 0 heterocycles. The van der Waals surface area contributed by atoms with Crippen molar-refractivity contribution in [2.45, 2.75) is 20.5 Å². The highest BCUT2D eigenvalue weighted by Crippen LogP contribution is 2.21. The Kier molecular flexibility index (Phi) is 7.68. The number of carbonyl (C=O) groups is 2. The van der Waals surface area contributed by atoms with E-state index in [1.165, 1.54) is 0 Å². The molecule has 0 fully saturated rings. The molecule has 3 rings (SSSR count). The summed E-state index contributed by atoms with van der Waals surface area (Å²) in [6, 6.07) is 21.4. The van der Waals surface area contributed by atoms with Crippen LogP contribution in [-0.4, -0.2) is 29.8 Å². The number of hydrogen-bond acceptors (Lipinski definition) is 3. The molecule has 0 spiro atoms. The molecule has 31 heavy (non-hydrogen) atoms. The number of anilines is 1. The second kappa shape index (κ2) is 10.6. The number of hydrogen-bond donors (Lipinski definition) is 1. The van der Waals surface area contributed by atoms with Crippen molar-refractivity contribution in [2.24, 2.45) is 0 Å². The Hall–Kier alpha value is -3.31. The van der Waals surface area contributed by atoms with Crippen LogP contribution in [0.5, 0.6) is 5.75 Å². The standard InChI is InChI=1S/C25H25ClN2O3/c1-3-28(4-2)25(30)21-10-6-8-12-23(21)27-24(29)18-13-15-20(16-14-18)31-17-19-9-5-7-11-22(19)26/h5-16H,3-4,17H2,1-2H3,(H,27,29). The normalized spacial score (nSPS) is 10.4. The topological polar surface area (TPSA) is 58.6 Å². The first-order valence-corrected chi connectivity index (χ1v) is 10.6. The molecule has 0 saturated carbocycles. The van der Waals surface area contributed by atoms with Crippen LogP contribution in [0.1, 0.15) is 40.1 Å². The van der Waals surface area contributed by atoms with Gasteiger partial charge in [0.25, 0.3) is 11.8 Å². The number of halogens is 1. The van der Waals surface area contributed by atoms with Crippen molar-refractivity contribution in [3.05, 3.63) is 94.5 Å². The highest BCUT2D eigenvalue weighted by molar-refractivity contribution is 6.31. The highest BCUT2D eigenvalue weighted by Gasteiger charge is 2.18. The molecular formula is C25H25ClN2O3. The molecular weight excluding hydrogens is 412 g/mol. The van der Waals surface area contributed by atoms with Gasteiger partial charge in [-0.15, -0.1) is 0 Å². The van der Waals surface area contributed by atoms with Crippen LogP contribution >= 0.6 is 11.6 Å². The number of carbonyl (C=O) groups excluding carboxylic acids is 2. The van der Waals surface area contributed by atoms with Crippen LogP contribution in [0.15, 0.2) is 72.8 Å². The van der Waals surface area contributed by atoms with Crippen LogP contribution in [-0.2, 0) is 6.61 Å². The minimum absolute atomic E-state index is 0.107. The van der Waals surface area contributed by atoms with Crippen molar-refractivity contribution < 1.29 is 14.3 Å². The van der Waals surface area contributed by atoms with Gasteiger partial charge in [0, 0.05) is 29.2 Å². The van der Waals surface area contributed by atoms with Crippen molar-refractivity contribution in [1.82, 2.24) is 4.90 Å². The molecule has 0 atom stereocenters. The van der Waals surface area contributed by atoms with Crippen LogP contribution in [0, 0.1) is 0 Å². The summed E-state index contributed by atoms with van der Waals surface area (Å²) in [4.78, 5) is 27.2. The molecule has 1 N–H and O–H groups in total. The van der Waals surface area contributed by atoms with Crippen molar-refractivity contribution in [1.29, 1.82) is 0 Å². The van der Waals surface area contributed by atoms with Gasteiger partial charge in [-0.25, -0.2) is 0 Å². The van der Waals surface area contributed by atoms with Gasteiger partial charge in [0.1, 0.15) is 12.4 Å². The van der Waals surface area contributed by atoms with E-state index in [4.69, 9.17) is 16.3 Å². The summed E-state index contributed by atoms with van der Waals surface area (Å²) in [6.07, 6.45) is 0. The zero-order chi connectivity index (χ0) is 22.2. The minimum Gasteiger partial charge on any atom is -0.489 e. The number of para-hydroxylation sites is 1. The molecule has 0 unspecified atom stereocenters. The number of nitrogens with one attached hydrogen (secondary N) is 1. The molecule has 0 aliphatic carbocycles. The monoisotopic (exact) mass is 436 g/mol. The van der Waals surface area contributed by atoms with E-state index in [1.807, 2.05) is 38.1 Å². The summed E-state index contributed by atoms with van der Waals surface area (Å²) >= 11 is 6.15. The molecule has 0 bridgehead atoms. The van der Waals surface area contributed by atoms with Gasteiger partial charge in [-0.2, -0.15) is 0 Å². The molecule has 3 aromatic rings. The number of ether oxygens (including phenoxy) is 1. The van der Waals surface area contributed by atoms with Gasteiger partial charge >= 0.3 is 0 Å². The third-order valence-electron chi connectivity index (χ3n) is 4.93. The molecule has 0 radical (unpaired) electrons. The van der Waals surface area contributed by atoms with Gasteiger partial charge in [0.15, 0.2) is 0 Å². The lowest BCUT2D eigenvalue weighted by Gasteiger charge is -2.20. The molecule has 2 amide bonds. The van der Waals surface area contributed by atoms with Gasteiger partial charge in [0.2, 0.25) is 0 Å². The average molecular weight is 437 g/mol. The second-order valence-corrected chi connectivity index (χ2v) is 7.29. The summed E-state index contributed by atoms with van der Waals surface area (Å²) in [5.41, 5.74) is 2.32. The zero-order valence-electron chi connectivity index (χ0n) is 17.6. The van der Waals surface area contributed by atoms with E-state index in [9.17, 15) is 9.59 Å². The van der Waals surface area contributed by atoms with E-state index in [1.54, 1.807) is 53.4 Å². The Balaban J connectivity index is 1.68. The summed E-state index contributed by atoms with van der Waals surface area (Å²) < 4.78 is 5.76. The van der Waals surface area contributed by atoms with E-state index < -0.39 is 0 Å². The van der Waals surface area contributed by atoms with Gasteiger partial charge in [-0.1, -0.05) is 41.9 Å². The third kappa shape index (κ3) is 5.64. The van der Waals surface area contributed by atoms with Crippen LogP contribution in [0.4, 0.5) is 5.69 Å². The average Bonchev–Trinajstić information content (AvgIpc) is 2.80. The zero-order valence-corrected chi connectivity index (χ0v) is 18.4. The van der Waals surface area contributed by atoms with Crippen LogP contribution in [0.2, 0.25) is 5.02 Å². The summed E-state index contributed by atoms with van der Waals surface area (Å²) in [5.74, 6) is 0.232. The maximum atomic E-state index is 12.8. The van der Waals surface area contributed by atoms with Gasteiger partial charge in [-0.05, 0) is 56.3 Å². The number of benzene rings is 3. The van der Waals surface area contributed by atoms with Crippen LogP contribution in [0.25, 0.3) is 0 Å². The molecule has 0 aromatic heterocycles. The Morgan fingerprint density at radius 3 is 2.23 bits per heavy atom. The number of rotatable bonds is 8. The van der Waals surface area contributed by atoms with Crippen molar-refractivity contribution in [2.75, 3.05) is 18.4 Å². The molecule has 160 valence electrons. The van der Waals surface area contributed by atoms with E-state index in [0.29, 0.717) is 47.3 Å². The number of amides is 2. The van der Waals surface area contributed by atoms with Crippen molar-refractivity contribution >= 4 is 29.1 Å². The van der Waals surface area contributed by atoms with Gasteiger partial charge in [-0.3, -0.25) is 9.59 Å². The molecule has 3 aromatic carbocycles. The minimum atomic E-state index is -0.294. The van der Waals surface area contributed by atoms with Crippen molar-refractivity contribution in [3.63, 3.8) is 0 Å². The first kappa shape index (κ1) is 22.4. The summed E-state index contributed by atoms with van der Waals surface area (Å²) in [5, 5.41) is 3.50. The van der Waals surface area contributed by atoms with E-state index in [2.05, 4.69) is 5.32 Å². The molecule has 0 saturated heterocycles. The Morgan fingerprint density at radius 2 is 1.55 bits per heavy atom. The Bertz CT molecular complexity index is 1050. The maximum Gasteiger partial charge on any atom is 0.255 e. The van der Waals surface area contributed by atoms with Gasteiger partial charge in [0.05, 0.1) is 11.3 Å². The molecule has 5 nitrogen and oxygen atoms in total. The molecule has 0 aliphatic rings. The van der Waals surface area contributed by atoms with Gasteiger partial charge < -0.3 is 15.0 Å². The number of nitrogens with zero attached hydrogens (tertiary/aromatic N) is 1. The quantitative estimate of drug-likeness (QED) is 0.496. The smallest absolute Gasteiger partial charge is 0.255 e. The fourth-order valence-corrected chi connectivity index (χ4v) is 3.32. The highest BCUT2D eigenvalue weighted by atomic mass is 35.5. The lowest BCUT2D eigenvalue weighted by molar-refractivity contribution is 0.0774. The van der Waals surface area contributed by atoms with E-state index in [0.717, 1.165) is 5.56 Å². The predicted octanol–water partition coefficient (Wildman–Crippen LogP) is 5.65. The predicted molar refractivity (Wildman–Crippen MR) is 124 cm³/mol. The van der Waals surface area contributed by atoms with Crippen LogP contribution in [0.3, 0.4) is 0 Å². The lowest BCUT2D eigenvalue weighted by atomic mass is 10.1. The first-order chi connectivity index (χ1) is 15.0. The van der Waals surface area contributed by atoms with Crippen LogP contribution < -0.4 is 10.1 Å². The summed E-state index contributed by atoms with van der Waals surface area (Å²) in [6.45, 7) is 5.41. The van der Waals surface area contributed by atoms with E-state index >= 15 is 0 Å². The molecule has 6 heteroatoms. The summed E-state index contributed by atoms with van der Waals surface area (Å²) in [7, 11) is 0. The maximum absolute atomic E-state index is 12.8. The Labute approximate surface area is 187 Å². The fraction of sp³-hybridized carbons (Fsp3) is 0.200. The lowest BCUT2D eigenvalue weighted by Crippen LogP contribution is -2.31. The SMILES string of the molecule is CCN(CC)C(=O)c1ccccc1NC(=O)c1ccc(OCc2ccccc2Cl)cc1. The molecule has 0 aliphatic heterocycles. The largest absolute Gasteiger partial charge is 0.489 e. The second-order valence-electron chi connectivity index (χ2n) is 6.88. The van der Waals surface area contributed by atoms with E-state index in [-0.39, 0.29) is 11.8 Å². The fourth-order valence-electron chi connectivity index (χ4n) is 3.13. The third-order valence-corrected chi connectivity index (χ3v) is 5.29. The van der Waals surface area contributed by atoms with Crippen molar-refractivity contribution in [3.8, 4) is 5.75 Å².